The molecule has 0 aromatic heterocycles. The van der Waals surface area contributed by atoms with E-state index in [0.717, 1.165) is 10.7 Å². The normalized spacial score (nSPS) is 22.9. The highest BCUT2D eigenvalue weighted by molar-refractivity contribution is 7.86. The summed E-state index contributed by atoms with van der Waals surface area (Å²) >= 11 is 5.73. The molecule has 0 aliphatic carbocycles. The first kappa shape index (κ1) is 17.0. The summed E-state index contributed by atoms with van der Waals surface area (Å²) in [5.41, 5.74) is 0. The second kappa shape index (κ2) is 6.60. The topological polar surface area (TPSA) is 40.6 Å². The fraction of sp³-hybridized carbons (Fsp3) is 1.00. The summed E-state index contributed by atoms with van der Waals surface area (Å²) in [6, 6.07) is -0.325. The zero-order valence-electron chi connectivity index (χ0n) is 10.7. The van der Waals surface area contributed by atoms with Crippen molar-refractivity contribution in [1.29, 1.82) is 0 Å². The van der Waals surface area contributed by atoms with Gasteiger partial charge in [-0.3, -0.25) is 0 Å². The molecule has 0 aromatic rings. The summed E-state index contributed by atoms with van der Waals surface area (Å²) in [5.74, 6) is 0.159. The van der Waals surface area contributed by atoms with Crippen LogP contribution in [-0.4, -0.2) is 55.3 Å². The van der Waals surface area contributed by atoms with E-state index in [9.17, 15) is 21.6 Å². The Morgan fingerprint density at radius 3 is 2.53 bits per heavy atom. The smallest absolute Gasteiger partial charge is 0.195 e. The maximum atomic E-state index is 12.2. The van der Waals surface area contributed by atoms with E-state index in [1.54, 1.807) is 0 Å². The van der Waals surface area contributed by atoms with Gasteiger partial charge in [0.1, 0.15) is 0 Å². The third kappa shape index (κ3) is 4.77. The van der Waals surface area contributed by atoms with Crippen LogP contribution in [0, 0.1) is 0 Å². The Labute approximate surface area is 116 Å². The van der Waals surface area contributed by atoms with E-state index in [1.165, 1.54) is 11.4 Å². The van der Waals surface area contributed by atoms with Crippen LogP contribution >= 0.6 is 11.6 Å². The van der Waals surface area contributed by atoms with Gasteiger partial charge in [-0.15, -0.1) is 11.6 Å². The van der Waals surface area contributed by atoms with Crippen LogP contribution in [0.25, 0.3) is 0 Å². The lowest BCUT2D eigenvalue weighted by atomic mass is 10.1. The quantitative estimate of drug-likeness (QED) is 0.728. The Morgan fingerprint density at radius 1 is 1.37 bits per heavy atom. The van der Waals surface area contributed by atoms with Gasteiger partial charge in [-0.25, -0.2) is 0 Å². The summed E-state index contributed by atoms with van der Waals surface area (Å²) in [6.07, 6.45) is -3.27. The molecule has 1 aliphatic rings. The summed E-state index contributed by atoms with van der Waals surface area (Å²) in [7, 11) is -2.70. The molecular formula is C10H18ClF3N2O2S. The number of piperidine rings is 1. The van der Waals surface area contributed by atoms with Crippen molar-refractivity contribution in [3.63, 3.8) is 0 Å². The zero-order valence-corrected chi connectivity index (χ0v) is 12.2. The van der Waals surface area contributed by atoms with Crippen LogP contribution in [0.1, 0.15) is 25.7 Å². The van der Waals surface area contributed by atoms with Gasteiger partial charge >= 0.3 is 6.18 Å². The molecule has 1 unspecified atom stereocenters. The molecule has 1 fully saturated rings. The third-order valence-corrected chi connectivity index (χ3v) is 5.55. The van der Waals surface area contributed by atoms with Crippen LogP contribution in [0.15, 0.2) is 0 Å². The van der Waals surface area contributed by atoms with E-state index < -0.39 is 29.4 Å². The van der Waals surface area contributed by atoms with Crippen LogP contribution in [0.2, 0.25) is 0 Å². The number of hydrogen-bond acceptors (Lipinski definition) is 2. The Hall–Kier alpha value is -0.0500. The van der Waals surface area contributed by atoms with Gasteiger partial charge in [0.2, 0.25) is 0 Å². The third-order valence-electron chi connectivity index (χ3n) is 3.15. The monoisotopic (exact) mass is 322 g/mol. The summed E-state index contributed by atoms with van der Waals surface area (Å²) in [4.78, 5) is 0. The number of halogens is 4. The molecule has 4 nitrogen and oxygen atoms in total. The Morgan fingerprint density at radius 2 is 2.00 bits per heavy atom. The average molecular weight is 323 g/mol. The molecule has 1 atom stereocenters. The van der Waals surface area contributed by atoms with Gasteiger partial charge < -0.3 is 0 Å². The van der Waals surface area contributed by atoms with E-state index in [-0.39, 0.29) is 11.9 Å². The zero-order chi connectivity index (χ0) is 14.7. The van der Waals surface area contributed by atoms with E-state index in [2.05, 4.69) is 0 Å². The van der Waals surface area contributed by atoms with E-state index >= 15 is 0 Å². The molecule has 0 saturated carbocycles. The Kier molecular flexibility index (Phi) is 5.91. The minimum atomic E-state index is -4.36. The first-order valence-corrected chi connectivity index (χ1v) is 7.97. The molecule has 1 heterocycles. The van der Waals surface area contributed by atoms with Gasteiger partial charge in [-0.1, -0.05) is 6.42 Å². The lowest BCUT2D eigenvalue weighted by molar-refractivity contribution is -0.135. The van der Waals surface area contributed by atoms with Crippen molar-refractivity contribution in [2.45, 2.75) is 37.9 Å². The van der Waals surface area contributed by atoms with Crippen molar-refractivity contribution in [3.05, 3.63) is 0 Å². The molecule has 114 valence electrons. The minimum absolute atomic E-state index is 0.159. The van der Waals surface area contributed by atoms with Gasteiger partial charge in [-0.05, 0) is 12.8 Å². The molecule has 0 radical (unpaired) electrons. The van der Waals surface area contributed by atoms with Crippen LogP contribution in [0.4, 0.5) is 13.2 Å². The molecule has 1 saturated heterocycles. The van der Waals surface area contributed by atoms with E-state index in [0.29, 0.717) is 19.4 Å². The molecule has 0 spiro atoms. The first-order chi connectivity index (χ1) is 8.68. The van der Waals surface area contributed by atoms with E-state index in [1.807, 2.05) is 0 Å². The van der Waals surface area contributed by atoms with Crippen molar-refractivity contribution in [2.24, 2.45) is 0 Å². The van der Waals surface area contributed by atoms with Gasteiger partial charge in [0.05, 0.1) is 6.42 Å². The summed E-state index contributed by atoms with van der Waals surface area (Å²) < 4.78 is 62.8. The molecular weight excluding hydrogens is 305 g/mol. The lowest BCUT2D eigenvalue weighted by Crippen LogP contribution is -2.50. The number of hydrogen-bond donors (Lipinski definition) is 0. The molecule has 0 bridgehead atoms. The molecule has 0 N–H and O–H groups in total. The van der Waals surface area contributed by atoms with Crippen molar-refractivity contribution >= 4 is 21.8 Å². The van der Waals surface area contributed by atoms with Gasteiger partial charge in [0.15, 0.2) is 0 Å². The Balaban J connectivity index is 2.72. The highest BCUT2D eigenvalue weighted by Crippen LogP contribution is 2.25. The molecule has 9 heteroatoms. The predicted octanol–water partition coefficient (Wildman–Crippen LogP) is 2.21. The van der Waals surface area contributed by atoms with Crippen LogP contribution < -0.4 is 0 Å². The molecule has 0 aromatic carbocycles. The standard InChI is InChI=1S/C10H18ClF3N2O2S/c1-15(7-5-10(12,13)14)19(17,18)16-6-3-2-4-9(16)8-11/h9H,2-8H2,1H3. The number of rotatable bonds is 5. The maximum absolute atomic E-state index is 12.2. The summed E-state index contributed by atoms with van der Waals surface area (Å²) in [6.45, 7) is -0.257. The summed E-state index contributed by atoms with van der Waals surface area (Å²) in [5, 5.41) is 0. The number of nitrogens with zero attached hydrogens (tertiary/aromatic N) is 2. The fourth-order valence-corrected chi connectivity index (χ4v) is 4.01. The van der Waals surface area contributed by atoms with Crippen molar-refractivity contribution in [3.8, 4) is 0 Å². The molecule has 1 aliphatic heterocycles. The van der Waals surface area contributed by atoms with Crippen molar-refractivity contribution < 1.29 is 21.6 Å². The molecule has 0 amide bonds. The first-order valence-electron chi connectivity index (χ1n) is 6.04. The molecule has 1 rings (SSSR count). The highest BCUT2D eigenvalue weighted by Gasteiger charge is 2.36. The number of alkyl halides is 4. The second-order valence-electron chi connectivity index (χ2n) is 4.61. The van der Waals surface area contributed by atoms with Crippen molar-refractivity contribution in [1.82, 2.24) is 8.61 Å². The van der Waals surface area contributed by atoms with Crippen LogP contribution in [-0.2, 0) is 10.2 Å². The molecule has 19 heavy (non-hydrogen) atoms. The van der Waals surface area contributed by atoms with Gasteiger partial charge in [-0.2, -0.15) is 30.2 Å². The second-order valence-corrected chi connectivity index (χ2v) is 6.91. The van der Waals surface area contributed by atoms with Gasteiger partial charge in [0, 0.05) is 32.1 Å². The largest absolute Gasteiger partial charge is 0.390 e. The highest BCUT2D eigenvalue weighted by atomic mass is 35.5. The average Bonchev–Trinajstić information content (AvgIpc) is 2.34. The maximum Gasteiger partial charge on any atom is 0.390 e. The van der Waals surface area contributed by atoms with Crippen LogP contribution in [0.3, 0.4) is 0 Å². The van der Waals surface area contributed by atoms with Gasteiger partial charge in [0.25, 0.3) is 10.2 Å². The van der Waals surface area contributed by atoms with Crippen LogP contribution in [0.5, 0.6) is 0 Å². The lowest BCUT2D eigenvalue weighted by Gasteiger charge is -2.36. The Bertz CT molecular complexity index is 389. The predicted molar refractivity (Wildman–Crippen MR) is 67.3 cm³/mol. The SMILES string of the molecule is CN(CCC(F)(F)F)S(=O)(=O)N1CCCCC1CCl. The van der Waals surface area contributed by atoms with Crippen molar-refractivity contribution in [2.75, 3.05) is 26.0 Å². The fourth-order valence-electron chi connectivity index (χ4n) is 2.01. The minimum Gasteiger partial charge on any atom is -0.195 e. The van der Waals surface area contributed by atoms with E-state index in [4.69, 9.17) is 11.6 Å².